The van der Waals surface area contributed by atoms with Crippen LogP contribution in [0.2, 0.25) is 6.04 Å². The van der Waals surface area contributed by atoms with Crippen LogP contribution in [0.5, 0.6) is 0 Å². The summed E-state index contributed by atoms with van der Waals surface area (Å²) in [7, 11) is -4.49. The average molecular weight is 615 g/mol. The molecule has 0 atom stereocenters. The fourth-order valence-corrected chi connectivity index (χ4v) is 6.56. The third-order valence-electron chi connectivity index (χ3n) is 7.69. The third-order valence-corrected chi connectivity index (χ3v) is 9.80. The zero-order valence-corrected chi connectivity index (χ0v) is 27.6. The van der Waals surface area contributed by atoms with Crippen molar-refractivity contribution in [3.63, 3.8) is 0 Å². The van der Waals surface area contributed by atoms with Gasteiger partial charge in [0.15, 0.2) is 0 Å². The van der Waals surface area contributed by atoms with Gasteiger partial charge < -0.3 is 33.3 Å². The highest BCUT2D eigenvalue weighted by atomic mass is 32.2. The minimum absolute atomic E-state index is 0.0421. The number of unbranched alkanes of at least 4 members (excludes halogenated alkanes) is 15. The van der Waals surface area contributed by atoms with Crippen molar-refractivity contribution in [2.75, 3.05) is 52.9 Å². The van der Waals surface area contributed by atoms with E-state index in [0.717, 1.165) is 24.0 Å². The SMILES string of the molecule is CCCCCCCCCCCCCCCCCC[N+](C)(C)CCC[Si](O)(O)OCC(CO)(CO)NCS(=O)(=O)[O-]. The number of nitrogens with zero attached hydrogens (tertiary/aromatic N) is 1. The molecule has 0 aliphatic carbocycles. The Morgan fingerprint density at radius 2 is 1.15 bits per heavy atom. The lowest BCUT2D eigenvalue weighted by molar-refractivity contribution is -0.890. The molecule has 0 amide bonds. The summed E-state index contributed by atoms with van der Waals surface area (Å²) in [6, 6.07) is 0.0421. The molecule has 12 heteroatoms. The first-order chi connectivity index (χ1) is 18.8. The van der Waals surface area contributed by atoms with Crippen molar-refractivity contribution < 1.29 is 41.7 Å². The second kappa shape index (κ2) is 22.4. The second-order valence-electron chi connectivity index (χ2n) is 12.3. The summed E-state index contributed by atoms with van der Waals surface area (Å²) in [5, 5.41) is 21.3. The van der Waals surface area contributed by atoms with Gasteiger partial charge in [0.25, 0.3) is 0 Å². The zero-order chi connectivity index (χ0) is 30.4. The van der Waals surface area contributed by atoms with Gasteiger partial charge in [-0.1, -0.05) is 96.8 Å². The molecule has 10 nitrogen and oxygen atoms in total. The van der Waals surface area contributed by atoms with Gasteiger partial charge in [0.1, 0.15) is 10.1 Å². The maximum atomic E-state index is 10.9. The molecule has 0 spiro atoms. The van der Waals surface area contributed by atoms with E-state index in [1.54, 1.807) is 0 Å². The van der Waals surface area contributed by atoms with Crippen molar-refractivity contribution in [1.82, 2.24) is 5.32 Å². The maximum absolute atomic E-state index is 10.9. The van der Waals surface area contributed by atoms with Crippen LogP contribution in [0, 0.1) is 0 Å². The summed E-state index contributed by atoms with van der Waals surface area (Å²) >= 11 is 0. The quantitative estimate of drug-likeness (QED) is 0.0368. The van der Waals surface area contributed by atoms with Crippen LogP contribution >= 0.6 is 0 Å². The normalized spacial score (nSPS) is 13.3. The van der Waals surface area contributed by atoms with Gasteiger partial charge in [0.2, 0.25) is 0 Å². The molecule has 0 aromatic carbocycles. The van der Waals surface area contributed by atoms with Crippen LogP contribution in [0.15, 0.2) is 0 Å². The van der Waals surface area contributed by atoms with Gasteiger partial charge in [0, 0.05) is 12.5 Å². The number of aliphatic hydroxyl groups excluding tert-OH is 2. The summed E-state index contributed by atoms with van der Waals surface area (Å²) in [5.41, 5.74) is -1.66. The molecule has 0 saturated carbocycles. The Labute approximate surface area is 246 Å². The van der Waals surface area contributed by atoms with E-state index >= 15 is 0 Å². The number of quaternary nitrogens is 1. The van der Waals surface area contributed by atoms with E-state index in [4.69, 9.17) is 4.43 Å². The second-order valence-corrected chi connectivity index (χ2v) is 16.0. The zero-order valence-electron chi connectivity index (χ0n) is 25.7. The lowest BCUT2D eigenvalue weighted by Crippen LogP contribution is -2.59. The number of hydrogen-bond donors (Lipinski definition) is 5. The van der Waals surface area contributed by atoms with Gasteiger partial charge in [-0.15, -0.1) is 0 Å². The lowest BCUT2D eigenvalue weighted by atomic mass is 10.0. The van der Waals surface area contributed by atoms with Crippen molar-refractivity contribution in [2.45, 2.75) is 128 Å². The Balaban J connectivity index is 3.92. The molecule has 0 aliphatic rings. The standard InChI is InChI=1S/C28H62N2O8SSi/c1-4-5-6-7-8-9-10-11-12-13-14-15-16-17-18-19-21-30(2,3)22-20-23-40(36,37)38-26-28(24-31,25-32)29-27-39(33,34)35/h29,31-32,36-37H,4-27H2,1-3H3. The van der Waals surface area contributed by atoms with Crippen LogP contribution in [-0.4, -0.2) is 104 Å². The van der Waals surface area contributed by atoms with Crippen LogP contribution in [-0.2, 0) is 14.5 Å². The molecule has 0 aliphatic heterocycles. The van der Waals surface area contributed by atoms with Crippen LogP contribution in [0.4, 0.5) is 0 Å². The Kier molecular flexibility index (Phi) is 22.3. The van der Waals surface area contributed by atoms with Crippen molar-refractivity contribution in [3.8, 4) is 0 Å². The molecular formula is C28H62N2O8SSi. The molecule has 5 N–H and O–H groups in total. The van der Waals surface area contributed by atoms with E-state index in [-0.39, 0.29) is 6.04 Å². The average Bonchev–Trinajstić information content (AvgIpc) is 2.88. The highest BCUT2D eigenvalue weighted by Gasteiger charge is 2.38. The van der Waals surface area contributed by atoms with Crippen LogP contribution in [0.3, 0.4) is 0 Å². The van der Waals surface area contributed by atoms with Gasteiger partial charge in [-0.3, -0.25) is 5.32 Å². The van der Waals surface area contributed by atoms with Crippen LogP contribution in [0.1, 0.15) is 116 Å². The van der Waals surface area contributed by atoms with Gasteiger partial charge >= 0.3 is 8.80 Å². The molecule has 0 aromatic heterocycles. The Hall–Kier alpha value is -0.153. The van der Waals surface area contributed by atoms with Gasteiger partial charge in [-0.05, 0) is 12.8 Å². The Bertz CT molecular complexity index is 706. The molecule has 0 rings (SSSR count). The number of rotatable bonds is 29. The molecule has 0 radical (unpaired) electrons. The van der Waals surface area contributed by atoms with Crippen LogP contribution < -0.4 is 5.32 Å². The number of aliphatic hydroxyl groups is 2. The Morgan fingerprint density at radius 1 is 0.750 bits per heavy atom. The first kappa shape index (κ1) is 39.8. The van der Waals surface area contributed by atoms with E-state index in [0.29, 0.717) is 6.42 Å². The predicted octanol–water partition coefficient (Wildman–Crippen LogP) is 3.47. The van der Waals surface area contributed by atoms with E-state index in [2.05, 4.69) is 26.3 Å². The van der Waals surface area contributed by atoms with Gasteiger partial charge in [-0.25, -0.2) is 8.42 Å². The summed E-state index contributed by atoms with van der Waals surface area (Å²) in [6.07, 6.45) is 22.0. The first-order valence-electron chi connectivity index (χ1n) is 15.6. The molecular weight excluding hydrogens is 552 g/mol. The molecule has 0 bridgehead atoms. The highest BCUT2D eigenvalue weighted by molar-refractivity contribution is 7.85. The first-order valence-corrected chi connectivity index (χ1v) is 19.2. The molecule has 0 fully saturated rings. The summed E-state index contributed by atoms with van der Waals surface area (Å²) in [6.45, 7) is 2.00. The van der Waals surface area contributed by atoms with E-state index in [1.165, 1.54) is 96.3 Å². The van der Waals surface area contributed by atoms with Crippen molar-refractivity contribution in [2.24, 2.45) is 0 Å². The molecule has 0 saturated heterocycles. The predicted molar refractivity (Wildman–Crippen MR) is 162 cm³/mol. The minimum Gasteiger partial charge on any atom is -0.747 e. The molecule has 242 valence electrons. The number of hydrogen-bond acceptors (Lipinski definition) is 9. The van der Waals surface area contributed by atoms with E-state index in [9.17, 15) is 32.8 Å². The number of nitrogens with one attached hydrogen (secondary N) is 1. The van der Waals surface area contributed by atoms with Crippen molar-refractivity contribution in [1.29, 1.82) is 0 Å². The largest absolute Gasteiger partial charge is 0.747 e. The summed E-state index contributed by atoms with van der Waals surface area (Å²) in [5.74, 6) is -1.02. The van der Waals surface area contributed by atoms with Crippen molar-refractivity contribution in [3.05, 3.63) is 0 Å². The fraction of sp³-hybridized carbons (Fsp3) is 1.00. The third kappa shape index (κ3) is 23.4. The Morgan fingerprint density at radius 3 is 1.55 bits per heavy atom. The lowest BCUT2D eigenvalue weighted by Gasteiger charge is -2.34. The fourth-order valence-electron chi connectivity index (χ4n) is 4.81. The smallest absolute Gasteiger partial charge is 0.495 e. The summed E-state index contributed by atoms with van der Waals surface area (Å²) < 4.78 is 38.6. The van der Waals surface area contributed by atoms with E-state index in [1.807, 2.05) is 0 Å². The monoisotopic (exact) mass is 614 g/mol. The molecule has 0 heterocycles. The minimum atomic E-state index is -4.64. The highest BCUT2D eigenvalue weighted by Crippen LogP contribution is 2.16. The maximum Gasteiger partial charge on any atom is 0.495 e. The summed E-state index contributed by atoms with van der Waals surface area (Å²) in [4.78, 5) is 20.6. The molecule has 40 heavy (non-hydrogen) atoms. The molecule has 0 unspecified atom stereocenters. The van der Waals surface area contributed by atoms with Gasteiger partial charge in [-0.2, -0.15) is 0 Å². The molecule has 0 aromatic rings. The van der Waals surface area contributed by atoms with E-state index < -0.39 is 50.2 Å². The van der Waals surface area contributed by atoms with Crippen LogP contribution in [0.25, 0.3) is 0 Å². The topological polar surface area (TPSA) is 159 Å². The van der Waals surface area contributed by atoms with Crippen molar-refractivity contribution >= 4 is 18.9 Å². The van der Waals surface area contributed by atoms with Gasteiger partial charge in [0.05, 0.1) is 58.4 Å².